The topological polar surface area (TPSA) is 184 Å². The first-order chi connectivity index (χ1) is 20.1. The Labute approximate surface area is 242 Å². The third kappa shape index (κ3) is 9.75. The molecule has 13 heteroatoms. The van der Waals surface area contributed by atoms with Gasteiger partial charge in [0.05, 0.1) is 6.61 Å². The summed E-state index contributed by atoms with van der Waals surface area (Å²) in [5.74, 6) is 2.51. The minimum absolute atomic E-state index is 0.258. The highest BCUT2D eigenvalue weighted by molar-refractivity contribution is 5.81. The molecule has 2 heterocycles. The van der Waals surface area contributed by atoms with Crippen LogP contribution in [0.25, 0.3) is 11.5 Å². The molecule has 4 atom stereocenters. The number of benzene rings is 1. The van der Waals surface area contributed by atoms with Crippen molar-refractivity contribution in [2.45, 2.75) is 83.6 Å². The maximum Gasteiger partial charge on any atom is 0.518 e. The van der Waals surface area contributed by atoms with Gasteiger partial charge in [-0.05, 0) is 64.0 Å². The second-order valence-electron chi connectivity index (χ2n) is 10.9. The number of carbonyl (C=O) groups excluding carboxylic acids is 3. The van der Waals surface area contributed by atoms with Crippen molar-refractivity contribution in [2.24, 2.45) is 11.8 Å². The molecular formula is C29H36N2O11. The molecule has 3 aliphatic carbocycles. The van der Waals surface area contributed by atoms with E-state index >= 15 is 0 Å². The number of hydrogen-bond acceptors (Lipinski definition) is 10. The third-order valence-electron chi connectivity index (χ3n) is 7.17. The Kier molecular flexibility index (Phi) is 10.4. The number of carboxylic acid groups (broad SMARTS) is 2. The van der Waals surface area contributed by atoms with Gasteiger partial charge in [0.15, 0.2) is 0 Å². The van der Waals surface area contributed by atoms with Crippen LogP contribution in [0.2, 0.25) is 0 Å². The van der Waals surface area contributed by atoms with Gasteiger partial charge >= 0.3 is 18.5 Å². The Hall–Kier alpha value is -4.13. The van der Waals surface area contributed by atoms with Crippen LogP contribution in [-0.2, 0) is 30.3 Å². The van der Waals surface area contributed by atoms with Crippen molar-refractivity contribution < 1.29 is 52.8 Å². The van der Waals surface area contributed by atoms with E-state index in [0.717, 1.165) is 49.1 Å². The number of carbonyl (C=O) groups is 4. The van der Waals surface area contributed by atoms with Gasteiger partial charge in [0.1, 0.15) is 23.7 Å². The lowest BCUT2D eigenvalue weighted by Gasteiger charge is -2.29. The molecule has 1 aromatic heterocycles. The molecule has 1 amide bonds. The maximum atomic E-state index is 12.0. The Morgan fingerprint density at radius 3 is 2.36 bits per heavy atom. The van der Waals surface area contributed by atoms with E-state index in [1.165, 1.54) is 12.0 Å². The van der Waals surface area contributed by atoms with E-state index in [-0.39, 0.29) is 24.0 Å². The van der Waals surface area contributed by atoms with Gasteiger partial charge in [-0.15, -0.1) is 0 Å². The Balaban J connectivity index is 0.000000237. The highest BCUT2D eigenvalue weighted by atomic mass is 16.8. The molecule has 0 radical (unpaired) electrons. The SMILES string of the molecule is Cc1cccc(-c2nc(COCC3CCCC(NC(=O)C4CC4)C3)c(C)o2)c1.O=C(O)O.O=C1OC(=O)O[C@@H]2C[C@@H]2O1. The van der Waals surface area contributed by atoms with Crippen LogP contribution in [0.4, 0.5) is 14.4 Å². The van der Waals surface area contributed by atoms with Gasteiger partial charge in [-0.1, -0.05) is 24.1 Å². The highest BCUT2D eigenvalue weighted by Gasteiger charge is 2.48. The fourth-order valence-corrected chi connectivity index (χ4v) is 4.79. The third-order valence-corrected chi connectivity index (χ3v) is 7.17. The molecule has 228 valence electrons. The highest BCUT2D eigenvalue weighted by Crippen LogP contribution is 2.32. The number of nitrogens with one attached hydrogen (secondary N) is 1. The number of aryl methyl sites for hydroxylation is 2. The monoisotopic (exact) mass is 588 g/mol. The van der Waals surface area contributed by atoms with Gasteiger partial charge in [-0.25, -0.2) is 19.4 Å². The van der Waals surface area contributed by atoms with E-state index in [1.54, 1.807) is 0 Å². The molecule has 2 unspecified atom stereocenters. The van der Waals surface area contributed by atoms with Crippen LogP contribution >= 0.6 is 0 Å². The first-order valence-corrected chi connectivity index (χ1v) is 14.0. The lowest BCUT2D eigenvalue weighted by Crippen LogP contribution is -2.39. The van der Waals surface area contributed by atoms with E-state index in [9.17, 15) is 14.4 Å². The van der Waals surface area contributed by atoms with Gasteiger partial charge in [0, 0.05) is 30.6 Å². The van der Waals surface area contributed by atoms with Crippen LogP contribution in [0.1, 0.15) is 62.0 Å². The molecular weight excluding hydrogens is 552 g/mol. The lowest BCUT2D eigenvalue weighted by atomic mass is 9.86. The number of oxazole rings is 1. The van der Waals surface area contributed by atoms with E-state index in [1.807, 2.05) is 19.1 Å². The number of ether oxygens (including phenoxy) is 4. The smallest absolute Gasteiger partial charge is 0.450 e. The average molecular weight is 589 g/mol. The van der Waals surface area contributed by atoms with E-state index in [0.29, 0.717) is 37.5 Å². The minimum Gasteiger partial charge on any atom is -0.450 e. The van der Waals surface area contributed by atoms with E-state index in [4.69, 9.17) is 24.2 Å². The van der Waals surface area contributed by atoms with Gasteiger partial charge in [0.25, 0.3) is 0 Å². The van der Waals surface area contributed by atoms with E-state index in [2.05, 4.69) is 43.6 Å². The summed E-state index contributed by atoms with van der Waals surface area (Å²) in [7, 11) is 0. The number of hydrogen-bond donors (Lipinski definition) is 3. The second kappa shape index (κ2) is 14.2. The fourth-order valence-electron chi connectivity index (χ4n) is 4.79. The summed E-state index contributed by atoms with van der Waals surface area (Å²) in [6.07, 6.45) is 2.87. The number of aromatic nitrogens is 1. The maximum absolute atomic E-state index is 12.0. The number of rotatable bonds is 7. The number of amides is 1. The normalized spacial score (nSPS) is 24.0. The zero-order valence-electron chi connectivity index (χ0n) is 23.6. The molecule has 2 aromatic rings. The molecule has 1 saturated heterocycles. The quantitative estimate of drug-likeness (QED) is 0.284. The number of cyclic esters (lactones) is 2. The average Bonchev–Trinajstić information content (AvgIpc) is 3.84. The van der Waals surface area contributed by atoms with Crippen LogP contribution in [0, 0.1) is 25.7 Å². The fraction of sp³-hybridized carbons (Fsp3) is 0.552. The predicted octanol–water partition coefficient (Wildman–Crippen LogP) is 5.21. The van der Waals surface area contributed by atoms with Crippen molar-refractivity contribution in [3.63, 3.8) is 0 Å². The Bertz CT molecular complexity index is 1250. The zero-order valence-corrected chi connectivity index (χ0v) is 23.6. The summed E-state index contributed by atoms with van der Waals surface area (Å²) in [4.78, 5) is 46.0. The van der Waals surface area contributed by atoms with Crippen molar-refractivity contribution in [3.05, 3.63) is 41.3 Å². The van der Waals surface area contributed by atoms with E-state index < -0.39 is 18.5 Å². The molecule has 0 spiro atoms. The molecule has 3 N–H and O–H groups in total. The van der Waals surface area contributed by atoms with Crippen molar-refractivity contribution >= 4 is 24.4 Å². The van der Waals surface area contributed by atoms with Crippen LogP contribution in [-0.4, -0.2) is 64.4 Å². The van der Waals surface area contributed by atoms with Gasteiger partial charge in [-0.2, -0.15) is 0 Å². The van der Waals surface area contributed by atoms with Gasteiger partial charge < -0.3 is 38.9 Å². The number of fused-ring (bicyclic) bond motifs is 1. The summed E-state index contributed by atoms with van der Waals surface area (Å²) in [5, 5.41) is 17.2. The molecule has 13 nitrogen and oxygen atoms in total. The van der Waals surface area contributed by atoms with Crippen molar-refractivity contribution in [1.82, 2.24) is 10.3 Å². The molecule has 6 rings (SSSR count). The molecule has 3 saturated carbocycles. The van der Waals surface area contributed by atoms with Crippen molar-refractivity contribution in [3.8, 4) is 11.5 Å². The lowest BCUT2D eigenvalue weighted by molar-refractivity contribution is -0.123. The van der Waals surface area contributed by atoms with Gasteiger partial charge in [0.2, 0.25) is 11.8 Å². The van der Waals surface area contributed by atoms with Crippen LogP contribution in [0.5, 0.6) is 0 Å². The van der Waals surface area contributed by atoms with Crippen LogP contribution in [0.3, 0.4) is 0 Å². The molecule has 4 aliphatic rings. The molecule has 0 bridgehead atoms. The van der Waals surface area contributed by atoms with Crippen molar-refractivity contribution in [1.29, 1.82) is 0 Å². The molecule has 1 aromatic carbocycles. The second-order valence-corrected chi connectivity index (χ2v) is 10.9. The van der Waals surface area contributed by atoms with Gasteiger partial charge in [-0.3, -0.25) is 4.79 Å². The van der Waals surface area contributed by atoms with Crippen LogP contribution < -0.4 is 5.32 Å². The molecule has 1 aliphatic heterocycles. The summed E-state index contributed by atoms with van der Waals surface area (Å²) in [5.41, 5.74) is 3.05. The summed E-state index contributed by atoms with van der Waals surface area (Å²) in [6, 6.07) is 8.49. The predicted molar refractivity (Wildman–Crippen MR) is 145 cm³/mol. The zero-order chi connectivity index (χ0) is 30.2. The Morgan fingerprint density at radius 1 is 1.02 bits per heavy atom. The molecule has 42 heavy (non-hydrogen) atoms. The number of nitrogens with zero attached hydrogens (tertiary/aromatic N) is 1. The summed E-state index contributed by atoms with van der Waals surface area (Å²) < 4.78 is 24.9. The standard InChI is InChI=1S/C23H30N2O3.C5H4O5.CH2O3/c1-15-5-3-7-19(11-15)23-25-21(16(2)28-23)14-27-13-17-6-4-8-20(12-17)24-22(26)18-9-10-18;6-4-8-2-1-3(2)9-5(7)10-4;2-1(3)4/h3,5,7,11,17-18,20H,4,6,8-10,12-14H2,1-2H3,(H,24,26);2-3H,1H2;(H2,2,3,4)/t;2-,3+;. The first kappa shape index (κ1) is 30.8. The minimum atomic E-state index is -1.83. The summed E-state index contributed by atoms with van der Waals surface area (Å²) in [6.45, 7) is 5.18. The summed E-state index contributed by atoms with van der Waals surface area (Å²) >= 11 is 0. The Morgan fingerprint density at radius 2 is 1.71 bits per heavy atom. The van der Waals surface area contributed by atoms with Crippen LogP contribution in [0.15, 0.2) is 28.7 Å². The first-order valence-electron chi connectivity index (χ1n) is 14.0. The molecule has 4 fully saturated rings. The van der Waals surface area contributed by atoms with Crippen molar-refractivity contribution in [2.75, 3.05) is 6.61 Å². The largest absolute Gasteiger partial charge is 0.518 e.